The minimum atomic E-state index is -0.524. The van der Waals surface area contributed by atoms with Crippen LogP contribution in [0.3, 0.4) is 0 Å². The van der Waals surface area contributed by atoms with Gasteiger partial charge in [0.25, 0.3) is 0 Å². The number of nitrogens with one attached hydrogen (secondary N) is 1. The molecule has 2 heterocycles. The molecule has 1 aliphatic rings. The number of aromatic nitrogens is 1. The summed E-state index contributed by atoms with van der Waals surface area (Å²) in [6, 6.07) is 10.2. The van der Waals surface area contributed by atoms with Crippen molar-refractivity contribution in [3.63, 3.8) is 0 Å². The maximum Gasteiger partial charge on any atom is 0.233 e. The molecular formula is C17H22ClN3O2S. The minimum absolute atomic E-state index is 0. The summed E-state index contributed by atoms with van der Waals surface area (Å²) in [6.45, 7) is 1.51. The normalized spacial score (nSPS) is 16.2. The highest BCUT2D eigenvalue weighted by Crippen LogP contribution is 2.31. The Morgan fingerprint density at radius 1 is 1.29 bits per heavy atom. The molecule has 7 heteroatoms. The highest BCUT2D eigenvalue weighted by Gasteiger charge is 2.39. The second-order valence-electron chi connectivity index (χ2n) is 5.85. The molecule has 0 bridgehead atoms. The zero-order chi connectivity index (χ0) is 16.1. The number of hydrogen-bond acceptors (Lipinski definition) is 5. The van der Waals surface area contributed by atoms with Gasteiger partial charge in [-0.3, -0.25) is 4.79 Å². The second-order valence-corrected chi connectivity index (χ2v) is 6.96. The maximum atomic E-state index is 12.6. The van der Waals surface area contributed by atoms with E-state index in [1.54, 1.807) is 0 Å². The summed E-state index contributed by atoms with van der Waals surface area (Å²) in [5, 5.41) is 3.58. The molecule has 24 heavy (non-hydrogen) atoms. The number of carbonyl (C=O) groups excluding carboxylic acids is 1. The number of nitrogens with zero attached hydrogens (tertiary/aromatic N) is 1. The number of halogens is 1. The maximum absolute atomic E-state index is 12.6. The lowest BCUT2D eigenvalue weighted by atomic mass is 9.79. The van der Waals surface area contributed by atoms with Crippen LogP contribution < -0.4 is 11.1 Å². The third-order valence-corrected chi connectivity index (χ3v) is 5.23. The van der Waals surface area contributed by atoms with Gasteiger partial charge in [0.2, 0.25) is 5.91 Å². The van der Waals surface area contributed by atoms with Gasteiger partial charge in [0.1, 0.15) is 0 Å². The van der Waals surface area contributed by atoms with Crippen molar-refractivity contribution in [2.45, 2.75) is 19.3 Å². The van der Waals surface area contributed by atoms with Crippen molar-refractivity contribution in [2.24, 2.45) is 11.1 Å². The van der Waals surface area contributed by atoms with Crippen molar-refractivity contribution in [3.8, 4) is 0 Å². The molecule has 1 fully saturated rings. The highest BCUT2D eigenvalue weighted by atomic mass is 35.5. The van der Waals surface area contributed by atoms with E-state index in [1.165, 1.54) is 16.9 Å². The Labute approximate surface area is 152 Å². The second kappa shape index (κ2) is 8.58. The SMILES string of the molecule is Cl.NCC1(C(=O)Nc2ncc(Cc3ccccc3)s2)CCOCC1. The van der Waals surface area contributed by atoms with Gasteiger partial charge < -0.3 is 15.8 Å². The smallest absolute Gasteiger partial charge is 0.233 e. The summed E-state index contributed by atoms with van der Waals surface area (Å²) in [4.78, 5) is 18.1. The summed E-state index contributed by atoms with van der Waals surface area (Å²) in [7, 11) is 0. The Kier molecular flexibility index (Phi) is 6.74. The topological polar surface area (TPSA) is 77.2 Å². The third-order valence-electron chi connectivity index (χ3n) is 4.32. The molecular weight excluding hydrogens is 346 g/mol. The van der Waals surface area contributed by atoms with Crippen molar-refractivity contribution in [1.29, 1.82) is 0 Å². The Bertz CT molecular complexity index is 657. The Morgan fingerprint density at radius 3 is 2.67 bits per heavy atom. The predicted octanol–water partition coefficient (Wildman–Crippen LogP) is 2.85. The zero-order valence-electron chi connectivity index (χ0n) is 13.4. The molecule has 0 atom stereocenters. The number of nitrogens with two attached hydrogens (primary N) is 1. The molecule has 0 aliphatic carbocycles. The molecule has 2 aromatic rings. The number of benzene rings is 1. The van der Waals surface area contributed by atoms with Crippen LogP contribution in [-0.2, 0) is 16.0 Å². The third kappa shape index (κ3) is 4.33. The predicted molar refractivity (Wildman–Crippen MR) is 98.8 cm³/mol. The number of carbonyl (C=O) groups is 1. The van der Waals surface area contributed by atoms with Crippen LogP contribution in [0, 0.1) is 5.41 Å². The van der Waals surface area contributed by atoms with Gasteiger partial charge in [-0.05, 0) is 18.4 Å². The van der Waals surface area contributed by atoms with Gasteiger partial charge in [-0.2, -0.15) is 0 Å². The van der Waals surface area contributed by atoms with E-state index in [2.05, 4.69) is 22.4 Å². The van der Waals surface area contributed by atoms with Gasteiger partial charge in [0.05, 0.1) is 5.41 Å². The van der Waals surface area contributed by atoms with Crippen LogP contribution in [0.2, 0.25) is 0 Å². The fourth-order valence-electron chi connectivity index (χ4n) is 2.76. The standard InChI is InChI=1S/C17H21N3O2S.ClH/c18-12-17(6-8-22-9-7-17)15(21)20-16-19-11-14(23-16)10-13-4-2-1-3-5-13;/h1-5,11H,6-10,12,18H2,(H,19,20,21);1H. The first-order valence-corrected chi connectivity index (χ1v) is 8.61. The number of anilines is 1. The summed E-state index contributed by atoms with van der Waals surface area (Å²) in [6.07, 6.45) is 3.98. The van der Waals surface area contributed by atoms with Crippen LogP contribution in [0.1, 0.15) is 23.3 Å². The van der Waals surface area contributed by atoms with E-state index in [-0.39, 0.29) is 18.3 Å². The average molecular weight is 368 g/mol. The Balaban J connectivity index is 0.00000208. The van der Waals surface area contributed by atoms with Crippen LogP contribution >= 0.6 is 23.7 Å². The average Bonchev–Trinajstić information content (AvgIpc) is 3.03. The lowest BCUT2D eigenvalue weighted by Crippen LogP contribution is -2.46. The quantitative estimate of drug-likeness (QED) is 0.851. The van der Waals surface area contributed by atoms with Crippen LogP contribution in [0.5, 0.6) is 0 Å². The van der Waals surface area contributed by atoms with Crippen molar-refractivity contribution < 1.29 is 9.53 Å². The van der Waals surface area contributed by atoms with Crippen LogP contribution in [0.15, 0.2) is 36.5 Å². The van der Waals surface area contributed by atoms with Gasteiger partial charge in [-0.1, -0.05) is 30.3 Å². The van der Waals surface area contributed by atoms with Crippen molar-refractivity contribution in [1.82, 2.24) is 4.98 Å². The largest absolute Gasteiger partial charge is 0.381 e. The van der Waals surface area contributed by atoms with E-state index in [9.17, 15) is 4.79 Å². The molecule has 0 saturated carbocycles. The van der Waals surface area contributed by atoms with Crippen molar-refractivity contribution in [2.75, 3.05) is 25.1 Å². The molecule has 1 aromatic heterocycles. The number of amides is 1. The van der Waals surface area contributed by atoms with Gasteiger partial charge in [0, 0.05) is 37.3 Å². The van der Waals surface area contributed by atoms with E-state index in [0.29, 0.717) is 37.7 Å². The fourth-order valence-corrected chi connectivity index (χ4v) is 3.60. The molecule has 1 aromatic carbocycles. The van der Waals surface area contributed by atoms with E-state index < -0.39 is 5.41 Å². The van der Waals surface area contributed by atoms with Gasteiger partial charge in [-0.25, -0.2) is 4.98 Å². The molecule has 3 N–H and O–H groups in total. The van der Waals surface area contributed by atoms with Crippen molar-refractivity contribution in [3.05, 3.63) is 47.0 Å². The van der Waals surface area contributed by atoms with E-state index in [1.807, 2.05) is 24.4 Å². The monoisotopic (exact) mass is 367 g/mol. The number of rotatable bonds is 5. The number of hydrogen-bond donors (Lipinski definition) is 2. The van der Waals surface area contributed by atoms with Crippen LogP contribution in [0.4, 0.5) is 5.13 Å². The minimum Gasteiger partial charge on any atom is -0.381 e. The van der Waals surface area contributed by atoms with Gasteiger partial charge in [0.15, 0.2) is 5.13 Å². The first kappa shape index (κ1) is 18.9. The summed E-state index contributed by atoms with van der Waals surface area (Å²) in [5.74, 6) is -0.0380. The molecule has 130 valence electrons. The van der Waals surface area contributed by atoms with Crippen molar-refractivity contribution >= 4 is 34.8 Å². The summed E-state index contributed by atoms with van der Waals surface area (Å²) < 4.78 is 5.35. The Hall–Kier alpha value is -1.47. The first-order chi connectivity index (χ1) is 11.2. The first-order valence-electron chi connectivity index (χ1n) is 7.80. The van der Waals surface area contributed by atoms with Crippen LogP contribution in [0.25, 0.3) is 0 Å². The molecule has 1 amide bonds. The molecule has 0 spiro atoms. The van der Waals surface area contributed by atoms with Crippen LogP contribution in [-0.4, -0.2) is 30.6 Å². The lowest BCUT2D eigenvalue weighted by molar-refractivity contribution is -0.130. The molecule has 0 radical (unpaired) electrons. The lowest BCUT2D eigenvalue weighted by Gasteiger charge is -2.34. The number of ether oxygens (including phenoxy) is 1. The summed E-state index contributed by atoms with van der Waals surface area (Å²) in [5.41, 5.74) is 6.58. The summed E-state index contributed by atoms with van der Waals surface area (Å²) >= 11 is 1.51. The fraction of sp³-hybridized carbons (Fsp3) is 0.412. The van der Waals surface area contributed by atoms with Gasteiger partial charge >= 0.3 is 0 Å². The molecule has 1 aliphatic heterocycles. The molecule has 5 nitrogen and oxygen atoms in total. The molecule has 1 saturated heterocycles. The van der Waals surface area contributed by atoms with E-state index in [4.69, 9.17) is 10.5 Å². The highest BCUT2D eigenvalue weighted by molar-refractivity contribution is 7.15. The molecule has 3 rings (SSSR count). The number of thiazole rings is 1. The van der Waals surface area contributed by atoms with E-state index in [0.717, 1.165) is 11.3 Å². The Morgan fingerprint density at radius 2 is 2.00 bits per heavy atom. The van der Waals surface area contributed by atoms with E-state index >= 15 is 0 Å². The zero-order valence-corrected chi connectivity index (χ0v) is 15.0. The molecule has 0 unspecified atom stereocenters. The van der Waals surface area contributed by atoms with Gasteiger partial charge in [-0.15, -0.1) is 23.7 Å².